The third-order valence-electron chi connectivity index (χ3n) is 3.44. The van der Waals surface area contributed by atoms with E-state index >= 15 is 0 Å². The Hall–Kier alpha value is -2.76. The summed E-state index contributed by atoms with van der Waals surface area (Å²) in [5, 5.41) is 2.54. The van der Waals surface area contributed by atoms with Gasteiger partial charge in [-0.25, -0.2) is 4.98 Å². The van der Waals surface area contributed by atoms with Crippen molar-refractivity contribution in [2.75, 3.05) is 18.4 Å². The van der Waals surface area contributed by atoms with Crippen molar-refractivity contribution in [3.63, 3.8) is 0 Å². The van der Waals surface area contributed by atoms with Crippen molar-refractivity contribution < 1.29 is 9.59 Å². The van der Waals surface area contributed by atoms with Crippen LogP contribution < -0.4 is 5.32 Å². The normalized spacial score (nSPS) is 10.2. The number of carbonyl (C=O) groups excluding carboxylic acids is 2. The summed E-state index contributed by atoms with van der Waals surface area (Å²) in [5.74, 6) is -0.835. The van der Waals surface area contributed by atoms with Gasteiger partial charge < -0.3 is 10.2 Å². The van der Waals surface area contributed by atoms with Gasteiger partial charge >= 0.3 is 11.8 Å². The molecule has 2 aromatic heterocycles. The third kappa shape index (κ3) is 4.88. The second-order valence-corrected chi connectivity index (χ2v) is 5.16. The Morgan fingerprint density at radius 1 is 1.17 bits per heavy atom. The van der Waals surface area contributed by atoms with Crippen LogP contribution in [0.1, 0.15) is 18.1 Å². The number of aryl methyl sites for hydroxylation is 1. The highest BCUT2D eigenvalue weighted by Gasteiger charge is 2.20. The van der Waals surface area contributed by atoms with Gasteiger partial charge in [-0.1, -0.05) is 0 Å². The Balaban J connectivity index is 1.94. The van der Waals surface area contributed by atoms with Crippen LogP contribution in [0.3, 0.4) is 0 Å². The Labute approximate surface area is 135 Å². The van der Waals surface area contributed by atoms with Gasteiger partial charge in [-0.05, 0) is 55.7 Å². The quantitative estimate of drug-likeness (QED) is 0.855. The summed E-state index contributed by atoms with van der Waals surface area (Å²) in [6.07, 6.45) is 5.70. The van der Waals surface area contributed by atoms with E-state index in [9.17, 15) is 9.59 Å². The molecule has 0 unspecified atom stereocenters. The van der Waals surface area contributed by atoms with Crippen molar-refractivity contribution in [3.8, 4) is 0 Å². The van der Waals surface area contributed by atoms with Crippen molar-refractivity contribution in [2.45, 2.75) is 20.3 Å². The van der Waals surface area contributed by atoms with Crippen molar-refractivity contribution >= 4 is 17.6 Å². The van der Waals surface area contributed by atoms with Crippen LogP contribution in [0, 0.1) is 6.92 Å². The van der Waals surface area contributed by atoms with Crippen LogP contribution in [0.2, 0.25) is 0 Å². The molecular formula is C17H20N4O2. The first kappa shape index (κ1) is 16.6. The van der Waals surface area contributed by atoms with E-state index in [0.717, 1.165) is 11.1 Å². The lowest BCUT2D eigenvalue weighted by molar-refractivity contribution is -0.143. The number of hydrogen-bond acceptors (Lipinski definition) is 4. The van der Waals surface area contributed by atoms with Gasteiger partial charge in [-0.15, -0.1) is 0 Å². The van der Waals surface area contributed by atoms with Gasteiger partial charge in [0.15, 0.2) is 0 Å². The summed E-state index contributed by atoms with van der Waals surface area (Å²) in [5.41, 5.74) is 2.04. The summed E-state index contributed by atoms with van der Waals surface area (Å²) in [6, 6.07) is 7.34. The van der Waals surface area contributed by atoms with Crippen LogP contribution in [0.4, 0.5) is 5.82 Å². The van der Waals surface area contributed by atoms with Gasteiger partial charge in [-0.3, -0.25) is 14.6 Å². The molecule has 2 heterocycles. The molecule has 0 aliphatic heterocycles. The molecule has 6 nitrogen and oxygen atoms in total. The van der Waals surface area contributed by atoms with Crippen molar-refractivity contribution in [2.24, 2.45) is 0 Å². The topological polar surface area (TPSA) is 75.2 Å². The van der Waals surface area contributed by atoms with Crippen LogP contribution in [-0.2, 0) is 16.0 Å². The summed E-state index contributed by atoms with van der Waals surface area (Å²) < 4.78 is 0. The maximum atomic E-state index is 12.3. The molecule has 2 aromatic rings. The molecule has 0 aliphatic carbocycles. The highest BCUT2D eigenvalue weighted by Crippen LogP contribution is 2.06. The first-order chi connectivity index (χ1) is 11.1. The molecule has 0 fully saturated rings. The molecule has 23 heavy (non-hydrogen) atoms. The number of rotatable bonds is 5. The smallest absolute Gasteiger partial charge is 0.315 e. The zero-order chi connectivity index (χ0) is 16.7. The van der Waals surface area contributed by atoms with E-state index in [2.05, 4.69) is 15.3 Å². The van der Waals surface area contributed by atoms with Crippen LogP contribution in [0.15, 0.2) is 42.9 Å². The minimum absolute atomic E-state index is 0.383. The molecule has 0 bridgehead atoms. The molecule has 2 amide bonds. The van der Waals surface area contributed by atoms with Gasteiger partial charge in [-0.2, -0.15) is 0 Å². The number of anilines is 1. The lowest BCUT2D eigenvalue weighted by atomic mass is 10.2. The predicted octanol–water partition coefficient (Wildman–Crippen LogP) is 1.81. The van der Waals surface area contributed by atoms with Crippen LogP contribution in [0.25, 0.3) is 0 Å². The van der Waals surface area contributed by atoms with Crippen LogP contribution >= 0.6 is 0 Å². The average molecular weight is 312 g/mol. The predicted molar refractivity (Wildman–Crippen MR) is 87.8 cm³/mol. The molecule has 0 radical (unpaired) electrons. The van der Waals surface area contributed by atoms with Crippen molar-refractivity contribution in [1.82, 2.24) is 14.9 Å². The van der Waals surface area contributed by atoms with Gasteiger partial charge in [0.1, 0.15) is 5.82 Å². The standard InChI is InChI=1S/C17H20N4O2/c1-3-21(11-7-14-5-8-18-9-6-14)17(23)16(22)20-15-12-13(2)4-10-19-15/h4-6,8-10,12H,3,7,11H2,1-2H3,(H,19,20,22). The molecule has 0 atom stereocenters. The molecular weight excluding hydrogens is 292 g/mol. The van der Waals surface area contributed by atoms with E-state index in [1.807, 2.05) is 32.0 Å². The van der Waals surface area contributed by atoms with E-state index in [1.165, 1.54) is 4.90 Å². The van der Waals surface area contributed by atoms with Gasteiger partial charge in [0.05, 0.1) is 0 Å². The zero-order valence-corrected chi connectivity index (χ0v) is 13.3. The molecule has 0 spiro atoms. The highest BCUT2D eigenvalue weighted by atomic mass is 16.2. The maximum absolute atomic E-state index is 12.3. The van der Waals surface area contributed by atoms with E-state index in [4.69, 9.17) is 0 Å². The number of amides is 2. The van der Waals surface area contributed by atoms with E-state index in [1.54, 1.807) is 24.7 Å². The summed E-state index contributed by atoms with van der Waals surface area (Å²) in [6.45, 7) is 4.70. The van der Waals surface area contributed by atoms with Crippen LogP contribution in [0.5, 0.6) is 0 Å². The number of pyridine rings is 2. The molecule has 6 heteroatoms. The fourth-order valence-corrected chi connectivity index (χ4v) is 2.13. The Bertz CT molecular complexity index is 673. The zero-order valence-electron chi connectivity index (χ0n) is 13.3. The molecule has 0 saturated carbocycles. The number of aromatic nitrogens is 2. The SMILES string of the molecule is CCN(CCc1ccncc1)C(=O)C(=O)Nc1cc(C)ccn1. The fraction of sp³-hybridized carbons (Fsp3) is 0.294. The second kappa shape index (κ2) is 8.03. The van der Waals surface area contributed by atoms with Gasteiger partial charge in [0.2, 0.25) is 0 Å². The van der Waals surface area contributed by atoms with E-state index in [0.29, 0.717) is 25.3 Å². The second-order valence-electron chi connectivity index (χ2n) is 5.16. The lowest BCUT2D eigenvalue weighted by Gasteiger charge is -2.20. The minimum atomic E-state index is -0.667. The number of likely N-dealkylation sites (N-methyl/N-ethyl adjacent to an activating group) is 1. The number of hydrogen-bond donors (Lipinski definition) is 1. The lowest BCUT2D eigenvalue weighted by Crippen LogP contribution is -2.40. The van der Waals surface area contributed by atoms with E-state index in [-0.39, 0.29) is 0 Å². The fourth-order valence-electron chi connectivity index (χ4n) is 2.13. The van der Waals surface area contributed by atoms with Gasteiger partial charge in [0.25, 0.3) is 0 Å². The first-order valence-corrected chi connectivity index (χ1v) is 7.52. The molecule has 1 N–H and O–H groups in total. The maximum Gasteiger partial charge on any atom is 0.315 e. The third-order valence-corrected chi connectivity index (χ3v) is 3.44. The van der Waals surface area contributed by atoms with E-state index < -0.39 is 11.8 Å². The summed E-state index contributed by atoms with van der Waals surface area (Å²) in [4.78, 5) is 33.9. The molecule has 2 rings (SSSR count). The molecule has 120 valence electrons. The summed E-state index contributed by atoms with van der Waals surface area (Å²) >= 11 is 0. The molecule has 0 saturated heterocycles. The van der Waals surface area contributed by atoms with Crippen molar-refractivity contribution in [1.29, 1.82) is 0 Å². The number of nitrogens with one attached hydrogen (secondary N) is 1. The Kier molecular flexibility index (Phi) is 5.80. The monoisotopic (exact) mass is 312 g/mol. The average Bonchev–Trinajstić information content (AvgIpc) is 2.56. The summed E-state index contributed by atoms with van der Waals surface area (Å²) in [7, 11) is 0. The number of carbonyl (C=O) groups is 2. The Morgan fingerprint density at radius 3 is 2.57 bits per heavy atom. The van der Waals surface area contributed by atoms with Crippen LogP contribution in [-0.4, -0.2) is 39.8 Å². The first-order valence-electron chi connectivity index (χ1n) is 7.52. The molecule has 0 aromatic carbocycles. The Morgan fingerprint density at radius 2 is 1.91 bits per heavy atom. The minimum Gasteiger partial charge on any atom is -0.334 e. The van der Waals surface area contributed by atoms with Gasteiger partial charge in [0, 0.05) is 31.7 Å². The number of nitrogens with zero attached hydrogens (tertiary/aromatic N) is 3. The molecule has 0 aliphatic rings. The largest absolute Gasteiger partial charge is 0.334 e. The van der Waals surface area contributed by atoms with Crippen molar-refractivity contribution in [3.05, 3.63) is 54.0 Å². The highest BCUT2D eigenvalue weighted by molar-refractivity contribution is 6.39.